The van der Waals surface area contributed by atoms with Crippen LogP contribution in [0.3, 0.4) is 0 Å². The molecule has 3 rings (SSSR count). The molecule has 0 saturated carbocycles. The predicted molar refractivity (Wildman–Crippen MR) is 78.6 cm³/mol. The zero-order valence-electron chi connectivity index (χ0n) is 10.7. The number of carbonyl (C=O) groups is 2. The van der Waals surface area contributed by atoms with E-state index in [9.17, 15) is 9.59 Å². The molecule has 0 atom stereocenters. The first-order valence-corrected chi connectivity index (χ1v) is 6.91. The van der Waals surface area contributed by atoms with E-state index in [-0.39, 0.29) is 12.2 Å². The summed E-state index contributed by atoms with van der Waals surface area (Å²) in [6.45, 7) is 0.149. The average Bonchev–Trinajstić information content (AvgIpc) is 2.73. The summed E-state index contributed by atoms with van der Waals surface area (Å²) in [4.78, 5) is 29.5. The maximum Gasteiger partial charge on any atom is 0.299 e. The Hall–Kier alpha value is -2.52. The number of hydrogen-bond donors (Lipinski definition) is 0. The molecule has 1 aromatic carbocycles. The second kappa shape index (κ2) is 5.11. The molecule has 1 aliphatic rings. The number of halogens is 1. The standard InChI is InChI=1S/C15H8BrN3O2/c16-10-3-4-13-11(6-10)14(20)15(21)19(13)8-9-2-1-5-18-12(9)7-17/h1-6H,8H2. The Labute approximate surface area is 129 Å². The van der Waals surface area contributed by atoms with Gasteiger partial charge in [0.15, 0.2) is 0 Å². The summed E-state index contributed by atoms with van der Waals surface area (Å²) in [5.74, 6) is -1.12. The summed E-state index contributed by atoms with van der Waals surface area (Å²) in [6.07, 6.45) is 1.52. The number of fused-ring (bicyclic) bond motifs is 1. The molecule has 5 nitrogen and oxygen atoms in total. The number of benzene rings is 1. The number of anilines is 1. The number of aromatic nitrogens is 1. The molecule has 102 valence electrons. The summed E-state index contributed by atoms with van der Waals surface area (Å²) < 4.78 is 0.739. The second-order valence-corrected chi connectivity index (χ2v) is 5.42. The molecule has 0 bridgehead atoms. The van der Waals surface area contributed by atoms with E-state index in [1.54, 1.807) is 30.3 Å². The summed E-state index contributed by atoms with van der Waals surface area (Å²) >= 11 is 3.29. The van der Waals surface area contributed by atoms with Crippen LogP contribution in [0.1, 0.15) is 21.6 Å². The fourth-order valence-corrected chi connectivity index (χ4v) is 2.63. The number of nitriles is 1. The number of Topliss-reactive ketones (excluding diaryl/α,β-unsaturated/α-hetero) is 1. The van der Waals surface area contributed by atoms with Crippen molar-refractivity contribution >= 4 is 33.3 Å². The smallest absolute Gasteiger partial charge is 0.299 e. The van der Waals surface area contributed by atoms with Crippen molar-refractivity contribution in [2.75, 3.05) is 4.90 Å². The molecule has 1 amide bonds. The summed E-state index contributed by atoms with van der Waals surface area (Å²) in [5.41, 5.74) is 1.79. The summed E-state index contributed by atoms with van der Waals surface area (Å²) in [6, 6.07) is 10.5. The molecule has 0 saturated heterocycles. The Morgan fingerprint density at radius 2 is 2.10 bits per heavy atom. The van der Waals surface area contributed by atoms with Gasteiger partial charge >= 0.3 is 0 Å². The third kappa shape index (κ3) is 2.22. The van der Waals surface area contributed by atoms with Crippen LogP contribution >= 0.6 is 15.9 Å². The molecule has 6 heteroatoms. The van der Waals surface area contributed by atoms with E-state index in [0.717, 1.165) is 4.47 Å². The first-order chi connectivity index (χ1) is 10.1. The summed E-state index contributed by atoms with van der Waals surface area (Å²) in [5, 5.41) is 9.05. The molecular weight excluding hydrogens is 334 g/mol. The molecule has 2 heterocycles. The van der Waals surface area contributed by atoms with Crippen LogP contribution in [0.4, 0.5) is 5.69 Å². The largest absolute Gasteiger partial charge is 0.300 e. The number of pyridine rings is 1. The fraction of sp³-hybridized carbons (Fsp3) is 0.0667. The van der Waals surface area contributed by atoms with Gasteiger partial charge in [-0.15, -0.1) is 0 Å². The highest BCUT2D eigenvalue weighted by Gasteiger charge is 2.36. The van der Waals surface area contributed by atoms with Gasteiger partial charge in [-0.2, -0.15) is 5.26 Å². The van der Waals surface area contributed by atoms with E-state index >= 15 is 0 Å². The van der Waals surface area contributed by atoms with Crippen LogP contribution in [0.2, 0.25) is 0 Å². The van der Waals surface area contributed by atoms with Gasteiger partial charge in [0.05, 0.1) is 17.8 Å². The number of amides is 1. The Morgan fingerprint density at radius 1 is 1.29 bits per heavy atom. The molecule has 1 aromatic heterocycles. The van der Waals surface area contributed by atoms with Crippen molar-refractivity contribution in [2.24, 2.45) is 0 Å². The molecule has 21 heavy (non-hydrogen) atoms. The number of nitrogens with zero attached hydrogens (tertiary/aromatic N) is 3. The monoisotopic (exact) mass is 341 g/mol. The lowest BCUT2D eigenvalue weighted by Crippen LogP contribution is -2.29. The van der Waals surface area contributed by atoms with Crippen molar-refractivity contribution in [2.45, 2.75) is 6.54 Å². The van der Waals surface area contributed by atoms with Crippen molar-refractivity contribution in [1.29, 1.82) is 5.26 Å². The van der Waals surface area contributed by atoms with Crippen LogP contribution in [0, 0.1) is 11.3 Å². The van der Waals surface area contributed by atoms with Gasteiger partial charge in [0.2, 0.25) is 0 Å². The van der Waals surface area contributed by atoms with E-state index in [1.165, 1.54) is 11.1 Å². The third-order valence-corrected chi connectivity index (χ3v) is 3.75. The normalized spacial score (nSPS) is 13.2. The average molecular weight is 342 g/mol. The van der Waals surface area contributed by atoms with Gasteiger partial charge in [0.25, 0.3) is 11.7 Å². The van der Waals surface area contributed by atoms with Gasteiger partial charge < -0.3 is 4.90 Å². The van der Waals surface area contributed by atoms with Gasteiger partial charge in [-0.3, -0.25) is 9.59 Å². The molecule has 0 N–H and O–H groups in total. The molecule has 0 radical (unpaired) electrons. The highest BCUT2D eigenvalue weighted by Crippen LogP contribution is 2.32. The number of carbonyl (C=O) groups excluding carboxylic acids is 2. The molecule has 0 spiro atoms. The van der Waals surface area contributed by atoms with Crippen LogP contribution in [-0.2, 0) is 11.3 Å². The van der Waals surface area contributed by atoms with Crippen molar-refractivity contribution in [1.82, 2.24) is 4.98 Å². The van der Waals surface area contributed by atoms with Crippen LogP contribution in [0.15, 0.2) is 41.0 Å². The molecule has 2 aromatic rings. The van der Waals surface area contributed by atoms with E-state index in [2.05, 4.69) is 20.9 Å². The molecule has 0 aliphatic carbocycles. The minimum atomic E-state index is -0.587. The van der Waals surface area contributed by atoms with Crippen LogP contribution in [-0.4, -0.2) is 16.7 Å². The Balaban J connectivity index is 2.03. The van der Waals surface area contributed by atoms with E-state index < -0.39 is 11.7 Å². The first kappa shape index (κ1) is 13.5. The Morgan fingerprint density at radius 3 is 2.86 bits per heavy atom. The molecule has 0 fully saturated rings. The maximum absolute atomic E-state index is 12.1. The second-order valence-electron chi connectivity index (χ2n) is 4.50. The van der Waals surface area contributed by atoms with Crippen molar-refractivity contribution < 1.29 is 9.59 Å². The van der Waals surface area contributed by atoms with Crippen LogP contribution in [0.5, 0.6) is 0 Å². The number of rotatable bonds is 2. The fourth-order valence-electron chi connectivity index (χ4n) is 2.27. The van der Waals surface area contributed by atoms with Gasteiger partial charge in [0, 0.05) is 16.2 Å². The first-order valence-electron chi connectivity index (χ1n) is 6.11. The van der Waals surface area contributed by atoms with Gasteiger partial charge in [-0.05, 0) is 24.3 Å². The van der Waals surface area contributed by atoms with E-state index in [0.29, 0.717) is 16.8 Å². The topological polar surface area (TPSA) is 74.1 Å². The van der Waals surface area contributed by atoms with Crippen molar-refractivity contribution in [3.05, 3.63) is 57.8 Å². The van der Waals surface area contributed by atoms with Crippen LogP contribution < -0.4 is 4.90 Å². The van der Waals surface area contributed by atoms with E-state index in [1.807, 2.05) is 6.07 Å². The lowest BCUT2D eigenvalue weighted by Gasteiger charge is -2.16. The van der Waals surface area contributed by atoms with E-state index in [4.69, 9.17) is 5.26 Å². The quantitative estimate of drug-likeness (QED) is 0.786. The SMILES string of the molecule is N#Cc1ncccc1CN1C(=O)C(=O)c2cc(Br)ccc21. The minimum absolute atomic E-state index is 0.149. The highest BCUT2D eigenvalue weighted by molar-refractivity contribution is 9.10. The number of hydrogen-bond acceptors (Lipinski definition) is 4. The molecular formula is C15H8BrN3O2. The zero-order chi connectivity index (χ0) is 15.0. The Kier molecular flexibility index (Phi) is 3.28. The summed E-state index contributed by atoms with van der Waals surface area (Å²) in [7, 11) is 0. The number of ketones is 1. The predicted octanol–water partition coefficient (Wildman–Crippen LogP) is 2.45. The van der Waals surface area contributed by atoms with Crippen molar-refractivity contribution in [3.8, 4) is 6.07 Å². The molecule has 1 aliphatic heterocycles. The van der Waals surface area contributed by atoms with Gasteiger partial charge in [0.1, 0.15) is 11.8 Å². The minimum Gasteiger partial charge on any atom is -0.300 e. The lowest BCUT2D eigenvalue weighted by atomic mass is 10.1. The van der Waals surface area contributed by atoms with Crippen LogP contribution in [0.25, 0.3) is 0 Å². The van der Waals surface area contributed by atoms with Gasteiger partial charge in [-0.1, -0.05) is 22.0 Å². The van der Waals surface area contributed by atoms with Crippen molar-refractivity contribution in [3.63, 3.8) is 0 Å². The third-order valence-electron chi connectivity index (χ3n) is 3.26. The Bertz CT molecular complexity index is 811. The van der Waals surface area contributed by atoms with Gasteiger partial charge in [-0.25, -0.2) is 4.98 Å². The zero-order valence-corrected chi connectivity index (χ0v) is 12.3. The molecule has 0 unspecified atom stereocenters. The highest BCUT2D eigenvalue weighted by atomic mass is 79.9. The lowest BCUT2D eigenvalue weighted by molar-refractivity contribution is -0.114. The maximum atomic E-state index is 12.1.